The third-order valence-electron chi connectivity index (χ3n) is 2.25. The molecule has 0 aliphatic heterocycles. The molecule has 0 saturated carbocycles. The maximum absolute atomic E-state index is 13.1. The Kier molecular flexibility index (Phi) is 3.57. The van der Waals surface area contributed by atoms with Gasteiger partial charge in [0, 0.05) is 0 Å². The quantitative estimate of drug-likeness (QED) is 0.491. The zero-order valence-electron chi connectivity index (χ0n) is 9.63. The molecule has 0 amide bonds. The van der Waals surface area contributed by atoms with Gasteiger partial charge in [-0.2, -0.15) is 4.98 Å². The van der Waals surface area contributed by atoms with Gasteiger partial charge in [0.2, 0.25) is 5.28 Å². The lowest BCUT2D eigenvalue weighted by atomic mass is 10.2. The van der Waals surface area contributed by atoms with Crippen LogP contribution in [-0.2, 0) is 0 Å². The molecule has 0 bridgehead atoms. The van der Waals surface area contributed by atoms with Gasteiger partial charge in [0.15, 0.2) is 0 Å². The zero-order chi connectivity index (χ0) is 14.0. The van der Waals surface area contributed by atoms with Crippen molar-refractivity contribution in [3.63, 3.8) is 0 Å². The number of nitrogens with zero attached hydrogens (tertiary/aromatic N) is 3. The number of nitro groups is 1. The molecule has 6 nitrogen and oxygen atoms in total. The zero-order valence-corrected chi connectivity index (χ0v) is 10.4. The Bertz CT molecular complexity index is 651. The fourth-order valence-electron chi connectivity index (χ4n) is 1.33. The normalized spacial score (nSPS) is 10.3. The van der Waals surface area contributed by atoms with Gasteiger partial charge in [0.25, 0.3) is 0 Å². The molecule has 0 N–H and O–H groups in total. The molecule has 0 saturated heterocycles. The molecule has 0 spiro atoms. The van der Waals surface area contributed by atoms with Crippen molar-refractivity contribution in [2.24, 2.45) is 0 Å². The monoisotopic (exact) mass is 283 g/mol. The van der Waals surface area contributed by atoms with Crippen molar-refractivity contribution < 1.29 is 14.1 Å². The number of halogens is 2. The number of hydrogen-bond acceptors (Lipinski definition) is 5. The predicted molar refractivity (Wildman–Crippen MR) is 64.9 cm³/mol. The second-order valence-electron chi connectivity index (χ2n) is 3.60. The minimum atomic E-state index is -0.692. The van der Waals surface area contributed by atoms with Crippen molar-refractivity contribution >= 4 is 17.3 Å². The Labute approximate surface area is 112 Å². The summed E-state index contributed by atoms with van der Waals surface area (Å²) in [4.78, 5) is 17.2. The van der Waals surface area contributed by atoms with Crippen LogP contribution in [0.3, 0.4) is 0 Å². The molecule has 0 fully saturated rings. The van der Waals surface area contributed by atoms with E-state index in [0.29, 0.717) is 5.56 Å². The van der Waals surface area contributed by atoms with Crippen LogP contribution >= 0.6 is 11.6 Å². The number of aromatic nitrogens is 2. The number of hydrogen-bond donors (Lipinski definition) is 0. The lowest BCUT2D eigenvalue weighted by Gasteiger charge is -2.06. The van der Waals surface area contributed by atoms with Crippen LogP contribution < -0.4 is 4.74 Å². The molecule has 1 heterocycles. The molecule has 8 heteroatoms. The van der Waals surface area contributed by atoms with E-state index in [2.05, 4.69) is 9.97 Å². The van der Waals surface area contributed by atoms with Crippen LogP contribution in [0, 0.1) is 22.9 Å². The van der Waals surface area contributed by atoms with Gasteiger partial charge < -0.3 is 4.74 Å². The van der Waals surface area contributed by atoms with Crippen molar-refractivity contribution in [3.05, 3.63) is 51.2 Å². The summed E-state index contributed by atoms with van der Waals surface area (Å²) < 4.78 is 18.3. The van der Waals surface area contributed by atoms with E-state index in [1.165, 1.54) is 18.2 Å². The molecule has 1 aromatic carbocycles. The summed E-state index contributed by atoms with van der Waals surface area (Å²) in [6, 6.07) is 3.93. The van der Waals surface area contributed by atoms with Crippen molar-refractivity contribution in [2.45, 2.75) is 6.92 Å². The van der Waals surface area contributed by atoms with E-state index in [0.717, 1.165) is 6.20 Å². The Balaban J connectivity index is 2.39. The number of aryl methyl sites for hydroxylation is 1. The summed E-state index contributed by atoms with van der Waals surface area (Å²) in [6.07, 6.45) is 0.945. The maximum Gasteiger partial charge on any atom is 0.349 e. The molecule has 0 aliphatic rings. The summed E-state index contributed by atoms with van der Waals surface area (Å²) in [5, 5.41) is 10.6. The average molecular weight is 284 g/mol. The fourth-order valence-corrected chi connectivity index (χ4v) is 1.46. The Morgan fingerprint density at radius 3 is 2.84 bits per heavy atom. The van der Waals surface area contributed by atoms with Crippen molar-refractivity contribution in [2.75, 3.05) is 0 Å². The van der Waals surface area contributed by atoms with Gasteiger partial charge in [-0.15, -0.1) is 0 Å². The first kappa shape index (κ1) is 13.2. The van der Waals surface area contributed by atoms with Crippen LogP contribution in [-0.4, -0.2) is 14.9 Å². The summed E-state index contributed by atoms with van der Waals surface area (Å²) >= 11 is 5.56. The van der Waals surface area contributed by atoms with Crippen molar-refractivity contribution in [1.29, 1.82) is 0 Å². The van der Waals surface area contributed by atoms with Crippen molar-refractivity contribution in [1.82, 2.24) is 9.97 Å². The van der Waals surface area contributed by atoms with Gasteiger partial charge in [-0.1, -0.05) is 0 Å². The molecule has 2 rings (SSSR count). The third kappa shape index (κ3) is 2.94. The first-order chi connectivity index (χ1) is 8.97. The Morgan fingerprint density at radius 1 is 1.47 bits per heavy atom. The Morgan fingerprint density at radius 2 is 2.21 bits per heavy atom. The third-order valence-corrected chi connectivity index (χ3v) is 2.43. The predicted octanol–water partition coefficient (Wildman–Crippen LogP) is 3.28. The van der Waals surface area contributed by atoms with Gasteiger partial charge in [-0.05, 0) is 42.3 Å². The largest absolute Gasteiger partial charge is 0.434 e. The number of benzene rings is 1. The van der Waals surface area contributed by atoms with E-state index < -0.39 is 16.4 Å². The standard InChI is InChI=1S/C11H7ClFN3O3/c1-6-4-7(2-3-8(6)13)19-10-9(16(17)18)5-14-11(12)15-10/h2-5H,1H3. The average Bonchev–Trinajstić information content (AvgIpc) is 2.33. The summed E-state index contributed by atoms with van der Waals surface area (Å²) in [6.45, 7) is 1.55. The van der Waals surface area contributed by atoms with Crippen LogP contribution in [0.15, 0.2) is 24.4 Å². The van der Waals surface area contributed by atoms with Crippen LogP contribution in [0.1, 0.15) is 5.56 Å². The van der Waals surface area contributed by atoms with Gasteiger partial charge in [0.05, 0.1) is 4.92 Å². The lowest BCUT2D eigenvalue weighted by Crippen LogP contribution is -1.98. The van der Waals surface area contributed by atoms with Crippen LogP contribution in [0.2, 0.25) is 5.28 Å². The second-order valence-corrected chi connectivity index (χ2v) is 3.94. The van der Waals surface area contributed by atoms with Gasteiger partial charge in [-0.25, -0.2) is 9.37 Å². The first-order valence-electron chi connectivity index (χ1n) is 5.08. The summed E-state index contributed by atoms with van der Waals surface area (Å²) in [5.41, 5.74) is -0.0771. The van der Waals surface area contributed by atoms with Crippen molar-refractivity contribution in [3.8, 4) is 11.6 Å². The minimum Gasteiger partial charge on any atom is -0.434 e. The highest BCUT2D eigenvalue weighted by Gasteiger charge is 2.19. The van der Waals surface area contributed by atoms with Crippen LogP contribution in [0.25, 0.3) is 0 Å². The maximum atomic E-state index is 13.1. The van der Waals surface area contributed by atoms with E-state index in [9.17, 15) is 14.5 Å². The minimum absolute atomic E-state index is 0.181. The van der Waals surface area contributed by atoms with E-state index in [1.54, 1.807) is 6.92 Å². The molecule has 0 radical (unpaired) electrons. The van der Waals surface area contributed by atoms with E-state index in [1.807, 2.05) is 0 Å². The smallest absolute Gasteiger partial charge is 0.349 e. The molecular weight excluding hydrogens is 277 g/mol. The molecule has 2 aromatic rings. The Hall–Kier alpha value is -2.28. The SMILES string of the molecule is Cc1cc(Oc2nc(Cl)ncc2[N+](=O)[O-])ccc1F. The molecule has 0 atom stereocenters. The summed E-state index contributed by atoms with van der Waals surface area (Å²) in [7, 11) is 0. The highest BCUT2D eigenvalue weighted by molar-refractivity contribution is 6.28. The highest BCUT2D eigenvalue weighted by Crippen LogP contribution is 2.30. The van der Waals surface area contributed by atoms with Gasteiger partial charge in [-0.3, -0.25) is 10.1 Å². The summed E-state index contributed by atoms with van der Waals surface area (Å²) in [5.74, 6) is -0.477. The van der Waals surface area contributed by atoms with E-state index in [4.69, 9.17) is 16.3 Å². The van der Waals surface area contributed by atoms with Crippen LogP contribution in [0.5, 0.6) is 11.6 Å². The van der Waals surface area contributed by atoms with Crippen LogP contribution in [0.4, 0.5) is 10.1 Å². The molecule has 98 valence electrons. The highest BCUT2D eigenvalue weighted by atomic mass is 35.5. The molecule has 0 unspecified atom stereocenters. The molecule has 19 heavy (non-hydrogen) atoms. The lowest BCUT2D eigenvalue weighted by molar-refractivity contribution is -0.386. The fraction of sp³-hybridized carbons (Fsp3) is 0.0909. The van der Waals surface area contributed by atoms with Gasteiger partial charge >= 0.3 is 11.6 Å². The molecule has 0 aliphatic carbocycles. The number of rotatable bonds is 3. The van der Waals surface area contributed by atoms with E-state index in [-0.39, 0.29) is 16.9 Å². The second kappa shape index (κ2) is 5.15. The number of ether oxygens (including phenoxy) is 1. The topological polar surface area (TPSA) is 78.2 Å². The molecule has 1 aromatic heterocycles. The van der Waals surface area contributed by atoms with Gasteiger partial charge in [0.1, 0.15) is 17.8 Å². The first-order valence-corrected chi connectivity index (χ1v) is 5.46. The van der Waals surface area contributed by atoms with E-state index >= 15 is 0 Å². The molecular formula is C11H7ClFN3O3.